The average Bonchev–Trinajstić information content (AvgIpc) is 3.39. The number of aliphatic hydroxyl groups is 1. The minimum atomic E-state index is -1.00. The van der Waals surface area contributed by atoms with Crippen molar-refractivity contribution in [3.05, 3.63) is 12.7 Å². The van der Waals surface area contributed by atoms with Gasteiger partial charge in [-0.25, -0.2) is 0 Å². The molecule has 3 fully saturated rings. The van der Waals surface area contributed by atoms with E-state index >= 15 is 0 Å². The van der Waals surface area contributed by atoms with Gasteiger partial charge in [-0.3, -0.25) is 14.4 Å². The molecule has 0 aromatic carbocycles. The van der Waals surface area contributed by atoms with Crippen LogP contribution in [0.1, 0.15) is 78.6 Å². The van der Waals surface area contributed by atoms with Crippen LogP contribution >= 0.6 is 0 Å². The SMILES string of the molecule is C=CCN(CCCCC)C(=O)C1N(CCCCCCO)C(=O)[C@@H]2[C@@H](C(=O)OCC)[C@@]3(C)CCC12O3. The van der Waals surface area contributed by atoms with E-state index in [0.29, 0.717) is 32.5 Å². The van der Waals surface area contributed by atoms with Crippen molar-refractivity contribution in [2.45, 2.75) is 95.8 Å². The Morgan fingerprint density at radius 1 is 1.20 bits per heavy atom. The van der Waals surface area contributed by atoms with E-state index in [0.717, 1.165) is 44.9 Å². The maximum atomic E-state index is 14.1. The summed E-state index contributed by atoms with van der Waals surface area (Å²) in [4.78, 5) is 44.6. The van der Waals surface area contributed by atoms with Gasteiger partial charge in [0.2, 0.25) is 11.8 Å². The number of amides is 2. The van der Waals surface area contributed by atoms with Crippen LogP contribution in [-0.2, 0) is 23.9 Å². The summed E-state index contributed by atoms with van der Waals surface area (Å²) in [5.41, 5.74) is -1.81. The molecule has 3 rings (SSSR count). The van der Waals surface area contributed by atoms with Crippen LogP contribution in [-0.4, -0.2) is 82.8 Å². The van der Waals surface area contributed by atoms with Gasteiger partial charge in [0.1, 0.15) is 17.6 Å². The lowest BCUT2D eigenvalue weighted by molar-refractivity contribution is -0.160. The first kappa shape index (κ1) is 27.7. The normalized spacial score (nSPS) is 31.0. The molecule has 3 aliphatic heterocycles. The van der Waals surface area contributed by atoms with Crippen LogP contribution < -0.4 is 0 Å². The molecule has 0 saturated carbocycles. The Balaban J connectivity index is 1.94. The minimum absolute atomic E-state index is 0.110. The van der Waals surface area contributed by atoms with Crippen molar-refractivity contribution in [2.75, 3.05) is 32.8 Å². The van der Waals surface area contributed by atoms with Gasteiger partial charge in [-0.15, -0.1) is 6.58 Å². The largest absolute Gasteiger partial charge is 0.466 e. The number of unbranched alkanes of at least 4 members (excludes halogenated alkanes) is 5. The molecular weight excluding hydrogens is 448 g/mol. The highest BCUT2D eigenvalue weighted by molar-refractivity contribution is 5.98. The molecule has 5 atom stereocenters. The van der Waals surface area contributed by atoms with E-state index in [4.69, 9.17) is 14.6 Å². The third-order valence-electron chi connectivity index (χ3n) is 8.05. The molecule has 2 amide bonds. The van der Waals surface area contributed by atoms with Crippen molar-refractivity contribution in [3.63, 3.8) is 0 Å². The molecule has 3 heterocycles. The first-order valence-electron chi connectivity index (χ1n) is 13.5. The van der Waals surface area contributed by atoms with Crippen molar-refractivity contribution < 1.29 is 29.0 Å². The van der Waals surface area contributed by atoms with Gasteiger partial charge in [0.05, 0.1) is 18.1 Å². The summed E-state index contributed by atoms with van der Waals surface area (Å²) in [5.74, 6) is -2.09. The van der Waals surface area contributed by atoms with Crippen LogP contribution in [0.15, 0.2) is 12.7 Å². The molecule has 8 nitrogen and oxygen atoms in total. The average molecular weight is 493 g/mol. The predicted octanol–water partition coefficient (Wildman–Crippen LogP) is 3.07. The van der Waals surface area contributed by atoms with Gasteiger partial charge in [0.25, 0.3) is 0 Å². The minimum Gasteiger partial charge on any atom is -0.466 e. The smallest absolute Gasteiger partial charge is 0.312 e. The quantitative estimate of drug-likeness (QED) is 0.214. The number of rotatable bonds is 15. The summed E-state index contributed by atoms with van der Waals surface area (Å²) in [6.07, 6.45) is 9.05. The fourth-order valence-electron chi connectivity index (χ4n) is 6.46. The summed E-state index contributed by atoms with van der Waals surface area (Å²) < 4.78 is 12.0. The molecule has 8 heteroatoms. The van der Waals surface area contributed by atoms with Gasteiger partial charge in [-0.1, -0.05) is 38.7 Å². The van der Waals surface area contributed by atoms with E-state index < -0.39 is 35.0 Å². The van der Waals surface area contributed by atoms with E-state index in [1.165, 1.54) is 0 Å². The number of carbonyl (C=O) groups is 3. The Hall–Kier alpha value is -1.93. The lowest BCUT2D eigenvalue weighted by atomic mass is 9.66. The summed E-state index contributed by atoms with van der Waals surface area (Å²) in [6, 6.07) is -0.749. The number of ether oxygens (including phenoxy) is 2. The molecule has 3 saturated heterocycles. The third kappa shape index (κ3) is 5.15. The summed E-state index contributed by atoms with van der Waals surface area (Å²) in [5, 5.41) is 9.08. The maximum absolute atomic E-state index is 14.1. The van der Waals surface area contributed by atoms with E-state index in [2.05, 4.69) is 13.5 Å². The van der Waals surface area contributed by atoms with Crippen LogP contribution in [0.2, 0.25) is 0 Å². The molecule has 3 aliphatic rings. The lowest BCUT2D eigenvalue weighted by Crippen LogP contribution is -2.56. The first-order chi connectivity index (χ1) is 16.8. The summed E-state index contributed by atoms with van der Waals surface area (Å²) >= 11 is 0. The van der Waals surface area contributed by atoms with Crippen molar-refractivity contribution in [3.8, 4) is 0 Å². The molecule has 2 unspecified atom stereocenters. The predicted molar refractivity (Wildman–Crippen MR) is 132 cm³/mol. The van der Waals surface area contributed by atoms with E-state index in [1.807, 2.05) is 6.92 Å². The van der Waals surface area contributed by atoms with Gasteiger partial charge in [-0.2, -0.15) is 0 Å². The molecule has 0 aromatic heterocycles. The van der Waals surface area contributed by atoms with Gasteiger partial charge in [0, 0.05) is 26.2 Å². The number of likely N-dealkylation sites (tertiary alicyclic amines) is 1. The lowest BCUT2D eigenvalue weighted by Gasteiger charge is -2.37. The highest BCUT2D eigenvalue weighted by Crippen LogP contribution is 2.63. The number of aliphatic hydroxyl groups excluding tert-OH is 1. The zero-order chi connectivity index (χ0) is 25.6. The van der Waals surface area contributed by atoms with Gasteiger partial charge in [-0.05, 0) is 46.0 Å². The van der Waals surface area contributed by atoms with Crippen molar-refractivity contribution in [1.29, 1.82) is 0 Å². The van der Waals surface area contributed by atoms with Crippen LogP contribution in [0.5, 0.6) is 0 Å². The monoisotopic (exact) mass is 492 g/mol. The highest BCUT2D eigenvalue weighted by atomic mass is 16.6. The molecule has 198 valence electrons. The van der Waals surface area contributed by atoms with E-state index in [-0.39, 0.29) is 25.0 Å². The summed E-state index contributed by atoms with van der Waals surface area (Å²) in [7, 11) is 0. The number of carbonyl (C=O) groups excluding carboxylic acids is 3. The molecule has 35 heavy (non-hydrogen) atoms. The number of hydrogen-bond donors (Lipinski definition) is 1. The standard InChI is InChI=1S/C27H44N2O6/c1-5-8-11-17-28(16-6-2)24(32)22-27-15-14-26(4,35-27)21(25(33)34-7-3)20(27)23(31)29(22)18-12-9-10-13-19-30/h6,20-22,30H,2,5,7-19H2,1,3-4H3/t20-,21-,22?,26+,27?/m0/s1. The van der Waals surface area contributed by atoms with Crippen LogP contribution in [0.4, 0.5) is 0 Å². The number of fused-ring (bicyclic) bond motifs is 1. The molecule has 0 aliphatic carbocycles. The Morgan fingerprint density at radius 2 is 1.94 bits per heavy atom. The van der Waals surface area contributed by atoms with Crippen molar-refractivity contribution in [2.24, 2.45) is 11.8 Å². The van der Waals surface area contributed by atoms with Gasteiger partial charge >= 0.3 is 5.97 Å². The van der Waals surface area contributed by atoms with Crippen LogP contribution in [0.25, 0.3) is 0 Å². The molecule has 2 bridgehead atoms. The van der Waals surface area contributed by atoms with Crippen LogP contribution in [0.3, 0.4) is 0 Å². The Kier molecular flexibility index (Phi) is 9.38. The van der Waals surface area contributed by atoms with Gasteiger partial charge in [0.15, 0.2) is 0 Å². The van der Waals surface area contributed by atoms with Gasteiger partial charge < -0.3 is 24.4 Å². The fraction of sp³-hybridized carbons (Fsp3) is 0.815. The molecule has 1 N–H and O–H groups in total. The van der Waals surface area contributed by atoms with E-state index in [1.54, 1.807) is 22.8 Å². The molecule has 0 radical (unpaired) electrons. The molecular formula is C27H44N2O6. The van der Waals surface area contributed by atoms with Crippen molar-refractivity contribution in [1.82, 2.24) is 9.80 Å². The fourth-order valence-corrected chi connectivity index (χ4v) is 6.46. The second kappa shape index (κ2) is 11.9. The third-order valence-corrected chi connectivity index (χ3v) is 8.05. The maximum Gasteiger partial charge on any atom is 0.312 e. The number of hydrogen-bond acceptors (Lipinski definition) is 6. The molecule has 0 aromatic rings. The summed E-state index contributed by atoms with van der Waals surface area (Å²) in [6.45, 7) is 11.5. The number of esters is 1. The number of nitrogens with zero attached hydrogens (tertiary/aromatic N) is 2. The second-order valence-electron chi connectivity index (χ2n) is 10.4. The topological polar surface area (TPSA) is 96.4 Å². The molecule has 1 spiro atoms. The second-order valence-corrected chi connectivity index (χ2v) is 10.4. The Bertz CT molecular complexity index is 788. The first-order valence-corrected chi connectivity index (χ1v) is 13.5. The Morgan fingerprint density at radius 3 is 2.60 bits per heavy atom. The Labute approximate surface area is 210 Å². The van der Waals surface area contributed by atoms with E-state index in [9.17, 15) is 14.4 Å². The van der Waals surface area contributed by atoms with Crippen LogP contribution in [0, 0.1) is 11.8 Å². The highest BCUT2D eigenvalue weighted by Gasteiger charge is 2.78. The zero-order valence-corrected chi connectivity index (χ0v) is 21.8. The van der Waals surface area contributed by atoms with Crippen molar-refractivity contribution >= 4 is 17.8 Å². The zero-order valence-electron chi connectivity index (χ0n) is 21.8.